The number of hydrogen-bond acceptors (Lipinski definition) is 5. The van der Waals surface area contributed by atoms with Gasteiger partial charge in [0.15, 0.2) is 0 Å². The first-order chi connectivity index (χ1) is 7.88. The van der Waals surface area contributed by atoms with E-state index in [0.29, 0.717) is 11.9 Å². The first-order valence-electron chi connectivity index (χ1n) is 5.42. The van der Waals surface area contributed by atoms with Crippen molar-refractivity contribution >= 4 is 5.69 Å². The molecule has 1 aliphatic rings. The van der Waals surface area contributed by atoms with Gasteiger partial charge in [-0.05, 0) is 12.5 Å². The van der Waals surface area contributed by atoms with Crippen molar-refractivity contribution in [2.75, 3.05) is 31.7 Å². The number of nitrogens with one attached hydrogen (secondary N) is 1. The van der Waals surface area contributed by atoms with Gasteiger partial charge >= 0.3 is 0 Å². The number of rotatable bonds is 5. The Morgan fingerprint density at radius 3 is 3.12 bits per heavy atom. The van der Waals surface area contributed by atoms with E-state index >= 15 is 0 Å². The number of anilines is 1. The summed E-state index contributed by atoms with van der Waals surface area (Å²) in [5.74, 6) is 0.530. The van der Waals surface area contributed by atoms with Crippen LogP contribution in [-0.4, -0.2) is 42.6 Å². The van der Waals surface area contributed by atoms with Gasteiger partial charge in [0.1, 0.15) is 6.61 Å². The molecule has 0 aromatic carbocycles. The van der Waals surface area contributed by atoms with Gasteiger partial charge in [-0.3, -0.25) is 0 Å². The van der Waals surface area contributed by atoms with Crippen molar-refractivity contribution < 1.29 is 14.6 Å². The molecule has 0 aliphatic carbocycles. The molecule has 5 nitrogen and oxygen atoms in total. The number of aliphatic hydroxyl groups is 1. The molecule has 0 amide bonds. The minimum absolute atomic E-state index is 0.00109. The lowest BCUT2D eigenvalue weighted by atomic mass is 10.2. The van der Waals surface area contributed by atoms with E-state index in [1.54, 1.807) is 12.3 Å². The molecule has 1 fully saturated rings. The Morgan fingerprint density at radius 2 is 2.50 bits per heavy atom. The van der Waals surface area contributed by atoms with E-state index in [4.69, 9.17) is 14.6 Å². The van der Waals surface area contributed by atoms with E-state index in [2.05, 4.69) is 10.3 Å². The van der Waals surface area contributed by atoms with Crippen LogP contribution in [-0.2, 0) is 4.74 Å². The number of aromatic nitrogens is 1. The molecule has 88 valence electrons. The van der Waals surface area contributed by atoms with Crippen molar-refractivity contribution in [1.82, 2.24) is 4.98 Å². The maximum atomic E-state index is 8.59. The third-order valence-corrected chi connectivity index (χ3v) is 2.38. The van der Waals surface area contributed by atoms with E-state index < -0.39 is 0 Å². The zero-order chi connectivity index (χ0) is 11.2. The first kappa shape index (κ1) is 11.2. The van der Waals surface area contributed by atoms with Gasteiger partial charge in [-0.1, -0.05) is 0 Å². The summed E-state index contributed by atoms with van der Waals surface area (Å²) in [7, 11) is 0. The Bertz CT molecular complexity index is 310. The van der Waals surface area contributed by atoms with Crippen molar-refractivity contribution in [2.24, 2.45) is 0 Å². The van der Waals surface area contributed by atoms with Crippen molar-refractivity contribution in [2.45, 2.75) is 12.5 Å². The Balaban J connectivity index is 1.86. The van der Waals surface area contributed by atoms with Crippen molar-refractivity contribution in [3.05, 3.63) is 18.3 Å². The third-order valence-electron chi connectivity index (χ3n) is 2.38. The highest BCUT2D eigenvalue weighted by atomic mass is 16.5. The second kappa shape index (κ2) is 5.67. The standard InChI is InChI=1S/C11H16N2O3/c14-4-6-16-11-2-1-9(7-12-11)13-10-3-5-15-8-10/h1-2,7,10,13-14H,3-6,8H2. The van der Waals surface area contributed by atoms with Crippen LogP contribution in [0.1, 0.15) is 6.42 Å². The summed E-state index contributed by atoms with van der Waals surface area (Å²) >= 11 is 0. The minimum atomic E-state index is 0.00109. The van der Waals surface area contributed by atoms with Gasteiger partial charge < -0.3 is 19.9 Å². The molecule has 1 aromatic rings. The Labute approximate surface area is 94.4 Å². The molecule has 5 heteroatoms. The summed E-state index contributed by atoms with van der Waals surface area (Å²) in [5.41, 5.74) is 0.965. The van der Waals surface area contributed by atoms with E-state index in [0.717, 1.165) is 25.3 Å². The van der Waals surface area contributed by atoms with Crippen molar-refractivity contribution in [3.63, 3.8) is 0 Å². The average molecular weight is 224 g/mol. The van der Waals surface area contributed by atoms with Gasteiger partial charge in [-0.15, -0.1) is 0 Å². The summed E-state index contributed by atoms with van der Waals surface area (Å²) in [4.78, 5) is 4.12. The topological polar surface area (TPSA) is 63.6 Å². The van der Waals surface area contributed by atoms with Crippen molar-refractivity contribution in [1.29, 1.82) is 0 Å². The van der Waals surface area contributed by atoms with E-state index in [9.17, 15) is 0 Å². The third kappa shape index (κ3) is 3.08. The van der Waals surface area contributed by atoms with Crippen LogP contribution in [0.15, 0.2) is 18.3 Å². The molecule has 0 bridgehead atoms. The van der Waals surface area contributed by atoms with Gasteiger partial charge in [0.05, 0.1) is 31.1 Å². The largest absolute Gasteiger partial charge is 0.475 e. The second-order valence-corrected chi connectivity index (χ2v) is 3.66. The van der Waals surface area contributed by atoms with Crippen LogP contribution in [0.4, 0.5) is 5.69 Å². The van der Waals surface area contributed by atoms with Gasteiger partial charge in [0.2, 0.25) is 5.88 Å². The maximum absolute atomic E-state index is 8.59. The number of pyridine rings is 1. The summed E-state index contributed by atoms with van der Waals surface area (Å²) in [6.45, 7) is 1.85. The molecule has 1 saturated heterocycles. The second-order valence-electron chi connectivity index (χ2n) is 3.66. The molecule has 0 radical (unpaired) electrons. The Morgan fingerprint density at radius 1 is 1.56 bits per heavy atom. The normalized spacial score (nSPS) is 19.7. The fraction of sp³-hybridized carbons (Fsp3) is 0.545. The highest BCUT2D eigenvalue weighted by Crippen LogP contribution is 2.15. The number of nitrogens with zero attached hydrogens (tertiary/aromatic N) is 1. The quantitative estimate of drug-likeness (QED) is 0.769. The van der Waals surface area contributed by atoms with E-state index in [1.165, 1.54) is 0 Å². The summed E-state index contributed by atoms with van der Waals surface area (Å²) < 4.78 is 10.4. The fourth-order valence-electron chi connectivity index (χ4n) is 1.59. The lowest BCUT2D eigenvalue weighted by molar-refractivity contribution is 0.195. The zero-order valence-electron chi connectivity index (χ0n) is 9.06. The first-order valence-corrected chi connectivity index (χ1v) is 5.42. The van der Waals surface area contributed by atoms with Crippen LogP contribution in [0, 0.1) is 0 Å². The van der Waals surface area contributed by atoms with E-state index in [1.807, 2.05) is 6.07 Å². The molecule has 0 saturated carbocycles. The van der Waals surface area contributed by atoms with Gasteiger partial charge in [0, 0.05) is 12.7 Å². The lowest BCUT2D eigenvalue weighted by Crippen LogP contribution is -2.18. The van der Waals surface area contributed by atoms with Crippen LogP contribution in [0.25, 0.3) is 0 Å². The summed E-state index contributed by atoms with van der Waals surface area (Å²) in [5, 5.41) is 11.9. The van der Waals surface area contributed by atoms with Crippen LogP contribution in [0.3, 0.4) is 0 Å². The van der Waals surface area contributed by atoms with Crippen molar-refractivity contribution in [3.8, 4) is 5.88 Å². The van der Waals surface area contributed by atoms with Gasteiger partial charge in [-0.25, -0.2) is 4.98 Å². The monoisotopic (exact) mass is 224 g/mol. The van der Waals surface area contributed by atoms with Crippen LogP contribution < -0.4 is 10.1 Å². The minimum Gasteiger partial charge on any atom is -0.475 e. The molecule has 1 aromatic heterocycles. The predicted molar refractivity (Wildman–Crippen MR) is 59.7 cm³/mol. The highest BCUT2D eigenvalue weighted by molar-refractivity contribution is 5.43. The molecule has 2 rings (SSSR count). The molecule has 1 atom stereocenters. The molecular weight excluding hydrogens is 208 g/mol. The molecule has 0 spiro atoms. The van der Waals surface area contributed by atoms with E-state index in [-0.39, 0.29) is 13.2 Å². The molecule has 2 heterocycles. The molecule has 1 aliphatic heterocycles. The Hall–Kier alpha value is -1.33. The number of aliphatic hydroxyl groups excluding tert-OH is 1. The zero-order valence-corrected chi connectivity index (χ0v) is 9.06. The average Bonchev–Trinajstić information content (AvgIpc) is 2.81. The summed E-state index contributed by atoms with van der Waals surface area (Å²) in [6, 6.07) is 4.08. The number of hydrogen-bond donors (Lipinski definition) is 2. The smallest absolute Gasteiger partial charge is 0.213 e. The lowest BCUT2D eigenvalue weighted by Gasteiger charge is -2.12. The number of ether oxygens (including phenoxy) is 2. The van der Waals surface area contributed by atoms with Crippen LogP contribution >= 0.6 is 0 Å². The van der Waals surface area contributed by atoms with Crippen LogP contribution in [0.2, 0.25) is 0 Å². The maximum Gasteiger partial charge on any atom is 0.213 e. The van der Waals surface area contributed by atoms with Crippen LogP contribution in [0.5, 0.6) is 5.88 Å². The highest BCUT2D eigenvalue weighted by Gasteiger charge is 2.14. The van der Waals surface area contributed by atoms with Gasteiger partial charge in [0.25, 0.3) is 0 Å². The summed E-state index contributed by atoms with van der Waals surface area (Å²) in [6.07, 6.45) is 2.76. The predicted octanol–water partition coefficient (Wildman–Crippen LogP) is 0.653. The molecule has 16 heavy (non-hydrogen) atoms. The molecule has 1 unspecified atom stereocenters. The Kier molecular flexibility index (Phi) is 3.96. The fourth-order valence-corrected chi connectivity index (χ4v) is 1.59. The molecular formula is C11H16N2O3. The van der Waals surface area contributed by atoms with Gasteiger partial charge in [-0.2, -0.15) is 0 Å². The molecule has 2 N–H and O–H groups in total. The SMILES string of the molecule is OCCOc1ccc(NC2CCOC2)cn1.